The summed E-state index contributed by atoms with van der Waals surface area (Å²) >= 11 is 1.47. The van der Waals surface area contributed by atoms with Crippen molar-refractivity contribution in [3.8, 4) is 10.7 Å². The van der Waals surface area contributed by atoms with Gasteiger partial charge in [-0.15, -0.1) is 11.3 Å². The van der Waals surface area contributed by atoms with Crippen LogP contribution in [0.4, 0.5) is 5.69 Å². The molecular formula is C23H23N3OS. The summed E-state index contributed by atoms with van der Waals surface area (Å²) < 4.78 is 2.19. The number of anilines is 1. The Hall–Kier alpha value is -2.92. The summed E-state index contributed by atoms with van der Waals surface area (Å²) in [7, 11) is 0. The number of amides is 1. The van der Waals surface area contributed by atoms with E-state index in [1.54, 1.807) is 0 Å². The minimum Gasteiger partial charge on any atom is -0.324 e. The minimum absolute atomic E-state index is 0.0901. The number of nitrogens with one attached hydrogen (secondary N) is 1. The topological polar surface area (TPSA) is 46.9 Å². The predicted molar refractivity (Wildman–Crippen MR) is 117 cm³/mol. The number of aromatic nitrogens is 2. The second-order valence-electron chi connectivity index (χ2n) is 7.06. The maximum Gasteiger partial charge on any atom is 0.265 e. The Morgan fingerprint density at radius 3 is 2.54 bits per heavy atom. The predicted octanol–water partition coefficient (Wildman–Crippen LogP) is 6.16. The van der Waals surface area contributed by atoms with Crippen LogP contribution < -0.4 is 5.32 Å². The van der Waals surface area contributed by atoms with Crippen LogP contribution in [0.15, 0.2) is 60.7 Å². The lowest BCUT2D eigenvalue weighted by molar-refractivity contribution is 0.103. The molecule has 0 aliphatic rings. The van der Waals surface area contributed by atoms with Crippen molar-refractivity contribution in [2.45, 2.75) is 33.2 Å². The van der Waals surface area contributed by atoms with Crippen molar-refractivity contribution < 1.29 is 4.79 Å². The highest BCUT2D eigenvalue weighted by Gasteiger charge is 2.16. The third-order valence-corrected chi connectivity index (χ3v) is 5.94. The van der Waals surface area contributed by atoms with Crippen LogP contribution in [-0.4, -0.2) is 15.5 Å². The number of benzene rings is 2. The van der Waals surface area contributed by atoms with E-state index in [1.807, 2.05) is 42.5 Å². The normalized spacial score (nSPS) is 11.3. The van der Waals surface area contributed by atoms with E-state index in [-0.39, 0.29) is 5.91 Å². The number of hydrogen-bond donors (Lipinski definition) is 1. The fourth-order valence-electron chi connectivity index (χ4n) is 3.31. The van der Waals surface area contributed by atoms with Gasteiger partial charge in [0.2, 0.25) is 0 Å². The van der Waals surface area contributed by atoms with Crippen molar-refractivity contribution in [3.63, 3.8) is 0 Å². The lowest BCUT2D eigenvalue weighted by Gasteiger charge is -2.07. The molecule has 4 nitrogen and oxygen atoms in total. The number of nitrogens with zero attached hydrogens (tertiary/aromatic N) is 2. The Balaban J connectivity index is 1.58. The average molecular weight is 390 g/mol. The Kier molecular flexibility index (Phi) is 5.01. The maximum atomic E-state index is 12.7. The summed E-state index contributed by atoms with van der Waals surface area (Å²) in [5.41, 5.74) is 4.16. The van der Waals surface area contributed by atoms with Gasteiger partial charge in [0.05, 0.1) is 20.8 Å². The Bertz CT molecular complexity index is 1120. The van der Waals surface area contributed by atoms with E-state index in [4.69, 9.17) is 4.98 Å². The van der Waals surface area contributed by atoms with Gasteiger partial charge in [0, 0.05) is 12.2 Å². The van der Waals surface area contributed by atoms with Crippen molar-refractivity contribution in [1.29, 1.82) is 0 Å². The van der Waals surface area contributed by atoms with E-state index in [0.29, 0.717) is 10.8 Å². The molecule has 2 aromatic heterocycles. The number of rotatable bonds is 5. The second-order valence-corrected chi connectivity index (χ2v) is 8.15. The van der Waals surface area contributed by atoms with Gasteiger partial charge in [0.25, 0.3) is 5.91 Å². The first kappa shape index (κ1) is 18.4. The summed E-state index contributed by atoms with van der Waals surface area (Å²) in [5, 5.41) is 2.99. The molecular weight excluding hydrogens is 366 g/mol. The highest BCUT2D eigenvalue weighted by Crippen LogP contribution is 2.31. The number of para-hydroxylation sites is 2. The van der Waals surface area contributed by atoms with E-state index >= 15 is 0 Å². The zero-order chi connectivity index (χ0) is 19.7. The van der Waals surface area contributed by atoms with Crippen molar-refractivity contribution in [2.24, 2.45) is 0 Å². The molecule has 5 heteroatoms. The van der Waals surface area contributed by atoms with Gasteiger partial charge in [-0.3, -0.25) is 4.79 Å². The molecule has 0 fully saturated rings. The third-order valence-electron chi connectivity index (χ3n) is 4.86. The number of carbonyl (C=O) groups excluding carboxylic acids is 1. The molecule has 2 heterocycles. The van der Waals surface area contributed by atoms with Gasteiger partial charge in [-0.2, -0.15) is 0 Å². The molecule has 0 unspecified atom stereocenters. The van der Waals surface area contributed by atoms with Crippen LogP contribution in [0.3, 0.4) is 0 Å². The molecule has 0 spiro atoms. The quantitative estimate of drug-likeness (QED) is 0.444. The first-order valence-electron chi connectivity index (χ1n) is 9.53. The van der Waals surface area contributed by atoms with Crippen LogP contribution in [0.2, 0.25) is 0 Å². The number of thiophene rings is 1. The molecule has 28 heavy (non-hydrogen) atoms. The molecule has 2 aromatic carbocycles. The molecule has 4 aromatic rings. The molecule has 1 amide bonds. The largest absolute Gasteiger partial charge is 0.324 e. The van der Waals surface area contributed by atoms with Crippen LogP contribution in [0.5, 0.6) is 0 Å². The summed E-state index contributed by atoms with van der Waals surface area (Å²) in [5.74, 6) is 1.30. The Labute approximate surface area is 168 Å². The van der Waals surface area contributed by atoms with Gasteiger partial charge in [-0.05, 0) is 54.8 Å². The van der Waals surface area contributed by atoms with E-state index in [1.165, 1.54) is 16.9 Å². The molecule has 0 saturated carbocycles. The second kappa shape index (κ2) is 7.60. The van der Waals surface area contributed by atoms with Gasteiger partial charge in [0.15, 0.2) is 5.82 Å². The number of aryl methyl sites for hydroxylation is 1. The Morgan fingerprint density at radius 2 is 1.82 bits per heavy atom. The van der Waals surface area contributed by atoms with Gasteiger partial charge >= 0.3 is 0 Å². The Morgan fingerprint density at radius 1 is 1.07 bits per heavy atom. The first-order valence-corrected chi connectivity index (χ1v) is 10.3. The van der Waals surface area contributed by atoms with Gasteiger partial charge in [-0.1, -0.05) is 38.1 Å². The number of hydrogen-bond acceptors (Lipinski definition) is 3. The number of imidazole rings is 1. The summed E-state index contributed by atoms with van der Waals surface area (Å²) in [4.78, 5) is 19.1. The van der Waals surface area contributed by atoms with E-state index < -0.39 is 0 Å². The van der Waals surface area contributed by atoms with Crippen LogP contribution >= 0.6 is 11.3 Å². The van der Waals surface area contributed by atoms with Crippen molar-refractivity contribution in [2.75, 3.05) is 5.32 Å². The molecule has 1 N–H and O–H groups in total. The smallest absolute Gasteiger partial charge is 0.265 e. The maximum absolute atomic E-state index is 12.7. The summed E-state index contributed by atoms with van der Waals surface area (Å²) in [6.45, 7) is 7.26. The highest BCUT2D eigenvalue weighted by atomic mass is 32.1. The van der Waals surface area contributed by atoms with Crippen molar-refractivity contribution in [1.82, 2.24) is 9.55 Å². The van der Waals surface area contributed by atoms with Crippen LogP contribution in [0.25, 0.3) is 21.7 Å². The molecule has 0 bridgehead atoms. The number of fused-ring (bicyclic) bond motifs is 1. The van der Waals surface area contributed by atoms with Crippen molar-refractivity contribution >= 4 is 34.0 Å². The van der Waals surface area contributed by atoms with Gasteiger partial charge < -0.3 is 9.88 Å². The van der Waals surface area contributed by atoms with E-state index in [9.17, 15) is 4.79 Å². The average Bonchev–Trinajstić information content (AvgIpc) is 3.33. The molecule has 0 aliphatic heterocycles. The lowest BCUT2D eigenvalue weighted by atomic mass is 10.0. The van der Waals surface area contributed by atoms with Crippen molar-refractivity contribution in [3.05, 3.63) is 71.1 Å². The van der Waals surface area contributed by atoms with Gasteiger partial charge in [-0.25, -0.2) is 4.98 Å². The van der Waals surface area contributed by atoms with E-state index in [2.05, 4.69) is 48.9 Å². The highest BCUT2D eigenvalue weighted by molar-refractivity contribution is 7.17. The van der Waals surface area contributed by atoms with Crippen LogP contribution in [0.1, 0.15) is 41.9 Å². The zero-order valence-electron chi connectivity index (χ0n) is 16.3. The molecule has 4 rings (SSSR count). The third kappa shape index (κ3) is 3.45. The van der Waals surface area contributed by atoms with Crippen LogP contribution in [-0.2, 0) is 6.54 Å². The molecule has 0 atom stereocenters. The van der Waals surface area contributed by atoms with Gasteiger partial charge in [0.1, 0.15) is 0 Å². The zero-order valence-corrected chi connectivity index (χ0v) is 17.1. The van der Waals surface area contributed by atoms with Crippen LogP contribution in [0, 0.1) is 0 Å². The summed E-state index contributed by atoms with van der Waals surface area (Å²) in [6, 6.07) is 20.0. The lowest BCUT2D eigenvalue weighted by Crippen LogP contribution is -2.10. The first-order chi connectivity index (χ1) is 13.6. The van der Waals surface area contributed by atoms with E-state index in [0.717, 1.165) is 34.0 Å². The SMILES string of the molecule is CCn1c(-c2ccc(C(=O)Nc3ccc(C(C)C)cc3)s2)nc2ccccc21. The minimum atomic E-state index is -0.0901. The summed E-state index contributed by atoms with van der Waals surface area (Å²) in [6.07, 6.45) is 0. The monoisotopic (exact) mass is 389 g/mol. The fourth-order valence-corrected chi connectivity index (χ4v) is 4.21. The number of carbonyl (C=O) groups is 1. The fraction of sp³-hybridized carbons (Fsp3) is 0.217. The molecule has 0 aliphatic carbocycles. The molecule has 0 radical (unpaired) electrons. The molecule has 142 valence electrons. The standard InChI is InChI=1S/C23H23N3OS/c1-4-26-19-8-6-5-7-18(19)25-22(26)20-13-14-21(28-20)23(27)24-17-11-9-16(10-12-17)15(2)3/h5-15H,4H2,1-3H3,(H,24,27). The molecule has 0 saturated heterocycles.